The first-order valence-corrected chi connectivity index (χ1v) is 6.01. The van der Waals surface area contributed by atoms with Crippen molar-refractivity contribution in [3.05, 3.63) is 35.4 Å². The lowest BCUT2D eigenvalue weighted by Gasteiger charge is -2.16. The lowest BCUT2D eigenvalue weighted by molar-refractivity contribution is 0.0778. The molecule has 0 atom stereocenters. The van der Waals surface area contributed by atoms with Crippen molar-refractivity contribution in [2.24, 2.45) is 0 Å². The minimum absolute atomic E-state index is 0.118. The van der Waals surface area contributed by atoms with Gasteiger partial charge in [0, 0.05) is 13.1 Å². The Bertz CT molecular complexity index is 624. The highest BCUT2D eigenvalue weighted by Crippen LogP contribution is 2.24. The number of methoxy groups -OCH3 is 1. The summed E-state index contributed by atoms with van der Waals surface area (Å²) in [5, 5.41) is 16.5. The van der Waals surface area contributed by atoms with E-state index < -0.39 is 0 Å². The average Bonchev–Trinajstić information content (AvgIpc) is 2.83. The lowest BCUT2D eigenvalue weighted by Crippen LogP contribution is -2.26. The van der Waals surface area contributed by atoms with Crippen molar-refractivity contribution in [3.8, 4) is 11.5 Å². The number of hydrogen-bond donors (Lipinski definition) is 2. The summed E-state index contributed by atoms with van der Waals surface area (Å²) in [6.07, 6.45) is 0. The van der Waals surface area contributed by atoms with E-state index in [1.165, 1.54) is 24.1 Å². The number of nitrogens with one attached hydrogen (secondary N) is 1. The first-order valence-electron chi connectivity index (χ1n) is 6.01. The predicted octanol–water partition coefficient (Wildman–Crippen LogP) is 1.10. The van der Waals surface area contributed by atoms with Crippen LogP contribution in [-0.4, -0.2) is 45.3 Å². The second kappa shape index (κ2) is 5.60. The molecular weight excluding hydrogens is 260 g/mol. The van der Waals surface area contributed by atoms with Crippen molar-refractivity contribution >= 4 is 5.91 Å². The number of rotatable bonds is 4. The molecule has 20 heavy (non-hydrogen) atoms. The number of aromatic amines is 1. The van der Waals surface area contributed by atoms with E-state index in [4.69, 9.17) is 4.74 Å². The number of benzene rings is 1. The number of H-pyrrole nitrogens is 1. The van der Waals surface area contributed by atoms with Crippen molar-refractivity contribution in [1.29, 1.82) is 0 Å². The number of hydrogen-bond acceptors (Lipinski definition) is 5. The van der Waals surface area contributed by atoms with Gasteiger partial charge in [0.15, 0.2) is 5.82 Å². The Morgan fingerprint density at radius 1 is 1.50 bits per heavy atom. The molecule has 1 aromatic heterocycles. The standard InChI is InChI=1S/C13H16N4O3/c1-8-14-12(16-15-8)7-17(2)13(19)10-5-4-9(20-3)6-11(10)18/h4-6,18H,7H2,1-3H3,(H,14,15,16). The molecule has 1 amide bonds. The van der Waals surface area contributed by atoms with E-state index in [0.717, 1.165) is 0 Å². The summed E-state index contributed by atoms with van der Waals surface area (Å²) in [6.45, 7) is 2.04. The fourth-order valence-electron chi connectivity index (χ4n) is 1.77. The summed E-state index contributed by atoms with van der Waals surface area (Å²) in [6, 6.07) is 4.55. The topological polar surface area (TPSA) is 91.3 Å². The second-order valence-corrected chi connectivity index (χ2v) is 4.38. The van der Waals surface area contributed by atoms with E-state index >= 15 is 0 Å². The zero-order valence-corrected chi connectivity index (χ0v) is 11.5. The maximum atomic E-state index is 12.2. The van der Waals surface area contributed by atoms with Crippen molar-refractivity contribution in [2.45, 2.75) is 13.5 Å². The van der Waals surface area contributed by atoms with Gasteiger partial charge < -0.3 is 14.7 Å². The van der Waals surface area contributed by atoms with Crippen molar-refractivity contribution in [2.75, 3.05) is 14.2 Å². The lowest BCUT2D eigenvalue weighted by atomic mass is 10.1. The van der Waals surface area contributed by atoms with E-state index in [1.54, 1.807) is 20.0 Å². The van der Waals surface area contributed by atoms with Gasteiger partial charge in [-0.25, -0.2) is 4.98 Å². The normalized spacial score (nSPS) is 10.3. The smallest absolute Gasteiger partial charge is 0.257 e. The van der Waals surface area contributed by atoms with Gasteiger partial charge in [0.1, 0.15) is 17.3 Å². The summed E-state index contributed by atoms with van der Waals surface area (Å²) in [5.74, 6) is 1.27. The van der Waals surface area contributed by atoms with Gasteiger partial charge in [-0.3, -0.25) is 9.89 Å². The minimum atomic E-state index is -0.312. The van der Waals surface area contributed by atoms with Crippen LogP contribution in [0.15, 0.2) is 18.2 Å². The van der Waals surface area contributed by atoms with E-state index in [9.17, 15) is 9.90 Å². The summed E-state index contributed by atoms with van der Waals surface area (Å²) >= 11 is 0. The number of nitrogens with zero attached hydrogens (tertiary/aromatic N) is 3. The molecule has 106 valence electrons. The average molecular weight is 276 g/mol. The Hall–Kier alpha value is -2.57. The second-order valence-electron chi connectivity index (χ2n) is 4.38. The van der Waals surface area contributed by atoms with E-state index in [-0.39, 0.29) is 23.8 Å². The third-order valence-electron chi connectivity index (χ3n) is 2.80. The van der Waals surface area contributed by atoms with E-state index in [2.05, 4.69) is 15.2 Å². The number of aryl methyl sites for hydroxylation is 1. The predicted molar refractivity (Wildman–Crippen MR) is 71.6 cm³/mol. The molecule has 0 spiro atoms. The van der Waals surface area contributed by atoms with Crippen molar-refractivity contribution in [1.82, 2.24) is 20.1 Å². The van der Waals surface area contributed by atoms with Crippen molar-refractivity contribution in [3.63, 3.8) is 0 Å². The van der Waals surface area contributed by atoms with Crippen LogP contribution in [0.25, 0.3) is 0 Å². The highest BCUT2D eigenvalue weighted by atomic mass is 16.5. The third kappa shape index (κ3) is 2.87. The van der Waals surface area contributed by atoms with Gasteiger partial charge in [0.2, 0.25) is 0 Å². The number of aromatic nitrogens is 3. The molecule has 2 rings (SSSR count). The number of amides is 1. The highest BCUT2D eigenvalue weighted by molar-refractivity contribution is 5.96. The molecule has 2 N–H and O–H groups in total. The summed E-state index contributed by atoms with van der Waals surface area (Å²) in [7, 11) is 3.12. The van der Waals surface area contributed by atoms with Crippen LogP contribution in [0, 0.1) is 6.92 Å². The van der Waals surface area contributed by atoms with Crippen LogP contribution in [-0.2, 0) is 6.54 Å². The molecular formula is C13H16N4O3. The molecule has 0 aliphatic rings. The molecule has 0 fully saturated rings. The number of ether oxygens (including phenoxy) is 1. The first kappa shape index (κ1) is 13.9. The Morgan fingerprint density at radius 2 is 2.25 bits per heavy atom. The SMILES string of the molecule is COc1ccc(C(=O)N(C)Cc2n[nH]c(C)n2)c(O)c1. The molecule has 0 aliphatic heterocycles. The van der Waals surface area contributed by atoms with Gasteiger partial charge >= 0.3 is 0 Å². The highest BCUT2D eigenvalue weighted by Gasteiger charge is 2.17. The molecule has 0 unspecified atom stereocenters. The van der Waals surface area contributed by atoms with Crippen LogP contribution < -0.4 is 4.74 Å². The van der Waals surface area contributed by atoms with Crippen LogP contribution in [0.5, 0.6) is 11.5 Å². The van der Waals surface area contributed by atoms with Gasteiger partial charge in [0.25, 0.3) is 5.91 Å². The Morgan fingerprint density at radius 3 is 2.80 bits per heavy atom. The Labute approximate surface area is 116 Å². The maximum absolute atomic E-state index is 12.2. The molecule has 1 aromatic carbocycles. The van der Waals surface area contributed by atoms with Crippen LogP contribution in [0.1, 0.15) is 22.0 Å². The molecule has 7 heteroatoms. The maximum Gasteiger partial charge on any atom is 0.257 e. The summed E-state index contributed by atoms with van der Waals surface area (Å²) in [4.78, 5) is 17.8. The molecule has 0 saturated carbocycles. The number of phenols is 1. The van der Waals surface area contributed by atoms with Crippen LogP contribution >= 0.6 is 0 Å². The largest absolute Gasteiger partial charge is 0.507 e. The fourth-order valence-corrected chi connectivity index (χ4v) is 1.77. The number of phenolic OH excluding ortho intramolecular Hbond substituents is 1. The quantitative estimate of drug-likeness (QED) is 0.872. The van der Waals surface area contributed by atoms with Gasteiger partial charge in [-0.05, 0) is 19.1 Å². The van der Waals surface area contributed by atoms with Gasteiger partial charge in [-0.2, -0.15) is 5.10 Å². The molecule has 1 heterocycles. The summed E-state index contributed by atoms with van der Waals surface area (Å²) < 4.78 is 4.98. The molecule has 2 aromatic rings. The minimum Gasteiger partial charge on any atom is -0.507 e. The van der Waals surface area contributed by atoms with Crippen molar-refractivity contribution < 1.29 is 14.6 Å². The molecule has 0 aliphatic carbocycles. The van der Waals surface area contributed by atoms with Crippen LogP contribution in [0.4, 0.5) is 0 Å². The zero-order chi connectivity index (χ0) is 14.7. The number of carbonyl (C=O) groups excluding carboxylic acids is 1. The van der Waals surface area contributed by atoms with E-state index in [0.29, 0.717) is 17.4 Å². The number of carbonyl (C=O) groups is 1. The first-order chi connectivity index (χ1) is 9.51. The molecule has 0 bridgehead atoms. The molecule has 7 nitrogen and oxygen atoms in total. The van der Waals surface area contributed by atoms with Crippen LogP contribution in [0.3, 0.4) is 0 Å². The Kier molecular flexibility index (Phi) is 3.88. The van der Waals surface area contributed by atoms with Gasteiger partial charge in [0.05, 0.1) is 19.2 Å². The van der Waals surface area contributed by atoms with Crippen LogP contribution in [0.2, 0.25) is 0 Å². The Balaban J connectivity index is 2.14. The van der Waals surface area contributed by atoms with Gasteiger partial charge in [-0.15, -0.1) is 0 Å². The fraction of sp³-hybridized carbons (Fsp3) is 0.308. The molecule has 0 radical (unpaired) electrons. The summed E-state index contributed by atoms with van der Waals surface area (Å²) in [5.41, 5.74) is 0.209. The number of aromatic hydroxyl groups is 1. The monoisotopic (exact) mass is 276 g/mol. The zero-order valence-electron chi connectivity index (χ0n) is 11.5. The van der Waals surface area contributed by atoms with Gasteiger partial charge in [-0.1, -0.05) is 0 Å². The van der Waals surface area contributed by atoms with E-state index in [1.807, 2.05) is 0 Å². The molecule has 0 saturated heterocycles. The third-order valence-corrected chi connectivity index (χ3v) is 2.80.